The van der Waals surface area contributed by atoms with Crippen LogP contribution < -0.4 is 10.2 Å². The fraction of sp³-hybridized carbons (Fsp3) is 0.368. The Hall–Kier alpha value is -2.22. The van der Waals surface area contributed by atoms with Gasteiger partial charge in [-0.15, -0.1) is 11.8 Å². The fourth-order valence-electron chi connectivity index (χ4n) is 2.91. The zero-order valence-corrected chi connectivity index (χ0v) is 15.4. The van der Waals surface area contributed by atoms with Gasteiger partial charge in [-0.1, -0.05) is 18.2 Å². The lowest BCUT2D eigenvalue weighted by molar-refractivity contribution is -0.137. The zero-order valence-electron chi connectivity index (χ0n) is 14.6. The van der Waals surface area contributed by atoms with E-state index in [1.807, 2.05) is 35.2 Å². The first-order valence-corrected chi connectivity index (χ1v) is 9.66. The van der Waals surface area contributed by atoms with Crippen molar-refractivity contribution in [2.24, 2.45) is 0 Å². The number of aromatic nitrogens is 1. The van der Waals surface area contributed by atoms with Crippen LogP contribution in [-0.4, -0.2) is 35.8 Å². The smallest absolute Gasteiger partial charge is 0.354 e. The molecule has 1 aliphatic rings. The van der Waals surface area contributed by atoms with Crippen molar-refractivity contribution in [2.45, 2.75) is 30.0 Å². The molecule has 0 spiro atoms. The number of thioether (sulfide) groups is 1. The number of rotatable bonds is 6. The number of carbonyl (C=O) groups is 1. The maximum atomic E-state index is 12.6. The lowest BCUT2D eigenvalue weighted by Crippen LogP contribution is -2.37. The third-order valence-corrected chi connectivity index (χ3v) is 5.31. The number of halogens is 3. The minimum Gasteiger partial charge on any atom is -0.354 e. The summed E-state index contributed by atoms with van der Waals surface area (Å²) < 4.78 is 37.8. The van der Waals surface area contributed by atoms with Crippen molar-refractivity contribution in [3.8, 4) is 0 Å². The van der Waals surface area contributed by atoms with Gasteiger partial charge >= 0.3 is 6.18 Å². The normalized spacial score (nSPS) is 17.1. The highest BCUT2D eigenvalue weighted by molar-refractivity contribution is 7.99. The summed E-state index contributed by atoms with van der Waals surface area (Å²) in [5.74, 6) is 1.19. The minimum absolute atomic E-state index is 0.00865. The molecule has 1 aromatic carbocycles. The van der Waals surface area contributed by atoms with Crippen LogP contribution in [0.1, 0.15) is 18.4 Å². The molecule has 1 saturated heterocycles. The predicted octanol–water partition coefficient (Wildman–Crippen LogP) is 3.98. The van der Waals surface area contributed by atoms with Crippen LogP contribution in [0.4, 0.5) is 19.0 Å². The molecule has 1 fully saturated rings. The van der Waals surface area contributed by atoms with Crippen molar-refractivity contribution in [3.05, 3.63) is 54.2 Å². The van der Waals surface area contributed by atoms with E-state index in [0.717, 1.165) is 23.6 Å². The van der Waals surface area contributed by atoms with E-state index in [-0.39, 0.29) is 11.9 Å². The van der Waals surface area contributed by atoms with Crippen LogP contribution in [0.3, 0.4) is 0 Å². The Labute approximate surface area is 160 Å². The molecule has 0 aliphatic carbocycles. The Kier molecular flexibility index (Phi) is 6.26. The largest absolute Gasteiger partial charge is 0.417 e. The summed E-state index contributed by atoms with van der Waals surface area (Å²) in [6, 6.07) is 12.3. The van der Waals surface area contributed by atoms with Crippen LogP contribution in [0.5, 0.6) is 0 Å². The maximum Gasteiger partial charge on any atom is 0.417 e. The van der Waals surface area contributed by atoms with Gasteiger partial charge < -0.3 is 10.2 Å². The van der Waals surface area contributed by atoms with Gasteiger partial charge in [-0.2, -0.15) is 13.2 Å². The van der Waals surface area contributed by atoms with Gasteiger partial charge in [-0.05, 0) is 30.7 Å². The third-order valence-electron chi connectivity index (χ3n) is 4.29. The fourth-order valence-corrected chi connectivity index (χ4v) is 3.78. The highest BCUT2D eigenvalue weighted by atomic mass is 32.2. The van der Waals surface area contributed by atoms with Crippen LogP contribution in [0, 0.1) is 0 Å². The van der Waals surface area contributed by atoms with Crippen LogP contribution in [0.15, 0.2) is 53.6 Å². The molecule has 1 aliphatic heterocycles. The van der Waals surface area contributed by atoms with Crippen LogP contribution in [0.2, 0.25) is 0 Å². The molecule has 144 valence electrons. The van der Waals surface area contributed by atoms with E-state index in [2.05, 4.69) is 10.3 Å². The van der Waals surface area contributed by atoms with Crippen molar-refractivity contribution < 1.29 is 18.0 Å². The molecule has 8 heteroatoms. The number of nitrogens with one attached hydrogen (secondary N) is 1. The van der Waals surface area contributed by atoms with Gasteiger partial charge in [0.05, 0.1) is 5.56 Å². The molecular formula is C19H20F3N3OS. The van der Waals surface area contributed by atoms with Crippen molar-refractivity contribution in [1.29, 1.82) is 0 Å². The SMILES string of the molecule is O=C(CCSc1ccccc1)NC1CCN(c2ccc(C(F)(F)F)cn2)C1. The van der Waals surface area contributed by atoms with Gasteiger partial charge in [0, 0.05) is 42.4 Å². The molecule has 0 bridgehead atoms. The number of carbonyl (C=O) groups excluding carboxylic acids is 1. The van der Waals surface area contributed by atoms with Crippen molar-refractivity contribution in [3.63, 3.8) is 0 Å². The second-order valence-electron chi connectivity index (χ2n) is 6.31. The second kappa shape index (κ2) is 8.65. The number of nitrogens with zero attached hydrogens (tertiary/aromatic N) is 2. The van der Waals surface area contributed by atoms with Crippen molar-refractivity contribution >= 4 is 23.5 Å². The van der Waals surface area contributed by atoms with Crippen LogP contribution in [-0.2, 0) is 11.0 Å². The molecule has 1 unspecified atom stereocenters. The topological polar surface area (TPSA) is 45.2 Å². The molecule has 2 heterocycles. The molecule has 0 saturated carbocycles. The molecule has 27 heavy (non-hydrogen) atoms. The van der Waals surface area contributed by atoms with Gasteiger partial charge in [0.2, 0.25) is 5.91 Å². The molecule has 3 rings (SSSR count). The summed E-state index contributed by atoms with van der Waals surface area (Å²) in [7, 11) is 0. The van der Waals surface area contributed by atoms with Gasteiger partial charge in [0.25, 0.3) is 0 Å². The highest BCUT2D eigenvalue weighted by Crippen LogP contribution is 2.30. The van der Waals surface area contributed by atoms with Gasteiger partial charge in [0.15, 0.2) is 0 Å². The van der Waals surface area contributed by atoms with Gasteiger partial charge in [0.1, 0.15) is 5.82 Å². The highest BCUT2D eigenvalue weighted by Gasteiger charge is 2.31. The summed E-state index contributed by atoms with van der Waals surface area (Å²) in [6.45, 7) is 1.21. The standard InChI is InChI=1S/C19H20F3N3OS/c20-19(21,22)14-6-7-17(23-12-14)25-10-8-15(13-25)24-18(26)9-11-27-16-4-2-1-3-5-16/h1-7,12,15H,8-11,13H2,(H,24,26). The van der Waals surface area contributed by atoms with E-state index in [1.54, 1.807) is 11.8 Å². The van der Waals surface area contributed by atoms with E-state index < -0.39 is 11.7 Å². The number of hydrogen-bond donors (Lipinski definition) is 1. The molecule has 0 radical (unpaired) electrons. The molecule has 1 atom stereocenters. The number of hydrogen-bond acceptors (Lipinski definition) is 4. The third kappa shape index (κ3) is 5.63. The molecule has 2 aromatic rings. The first-order valence-electron chi connectivity index (χ1n) is 8.67. The van der Waals surface area contributed by atoms with Crippen molar-refractivity contribution in [1.82, 2.24) is 10.3 Å². The first-order chi connectivity index (χ1) is 12.9. The zero-order chi connectivity index (χ0) is 19.3. The monoisotopic (exact) mass is 395 g/mol. The Morgan fingerprint density at radius 3 is 2.67 bits per heavy atom. The second-order valence-corrected chi connectivity index (χ2v) is 7.48. The first kappa shape index (κ1) is 19.5. The number of pyridine rings is 1. The van der Waals surface area contributed by atoms with Crippen LogP contribution >= 0.6 is 11.8 Å². The molecule has 1 amide bonds. The molecular weight excluding hydrogens is 375 g/mol. The van der Waals surface area contributed by atoms with Crippen LogP contribution in [0.25, 0.3) is 0 Å². The Bertz CT molecular complexity index is 753. The molecule has 4 nitrogen and oxygen atoms in total. The van der Waals surface area contributed by atoms with E-state index in [1.165, 1.54) is 6.07 Å². The maximum absolute atomic E-state index is 12.6. The van der Waals surface area contributed by atoms with E-state index in [4.69, 9.17) is 0 Å². The summed E-state index contributed by atoms with van der Waals surface area (Å²) in [4.78, 5) is 19.0. The molecule has 1 aromatic heterocycles. The van der Waals surface area contributed by atoms with E-state index in [9.17, 15) is 18.0 Å². The average molecular weight is 395 g/mol. The number of benzene rings is 1. The quantitative estimate of drug-likeness (QED) is 0.752. The average Bonchev–Trinajstić information content (AvgIpc) is 3.10. The van der Waals surface area contributed by atoms with Gasteiger partial charge in [-0.25, -0.2) is 4.98 Å². The van der Waals surface area contributed by atoms with E-state index >= 15 is 0 Å². The number of alkyl halides is 3. The Balaban J connectivity index is 1.43. The predicted molar refractivity (Wildman–Crippen MR) is 99.8 cm³/mol. The van der Waals surface area contributed by atoms with Gasteiger partial charge in [-0.3, -0.25) is 4.79 Å². The summed E-state index contributed by atoms with van der Waals surface area (Å²) in [5.41, 5.74) is -0.758. The lowest BCUT2D eigenvalue weighted by atomic mass is 10.2. The van der Waals surface area contributed by atoms with Crippen molar-refractivity contribution in [2.75, 3.05) is 23.7 Å². The Morgan fingerprint density at radius 1 is 1.22 bits per heavy atom. The lowest BCUT2D eigenvalue weighted by Gasteiger charge is -2.18. The number of anilines is 1. The summed E-state index contributed by atoms with van der Waals surface area (Å²) in [6.07, 6.45) is -2.36. The molecule has 1 N–H and O–H groups in total. The minimum atomic E-state index is -4.38. The number of amides is 1. The summed E-state index contributed by atoms with van der Waals surface area (Å²) >= 11 is 1.63. The summed E-state index contributed by atoms with van der Waals surface area (Å²) in [5, 5.41) is 3.00. The van der Waals surface area contributed by atoms with E-state index in [0.29, 0.717) is 31.1 Å². The Morgan fingerprint density at radius 2 is 2.00 bits per heavy atom.